The zero-order valence-corrected chi connectivity index (χ0v) is 15.3. The maximum Gasteiger partial charge on any atom is 0.271 e. The SMILES string of the molecule is COc1ccc(C)cc1N1CC(C(=O)Nc2cc([N+](=O)[O-])ccc2F)CC1=O. The second-order valence-electron chi connectivity index (χ2n) is 6.49. The molecule has 0 bridgehead atoms. The summed E-state index contributed by atoms with van der Waals surface area (Å²) in [4.78, 5) is 36.6. The predicted molar refractivity (Wildman–Crippen MR) is 99.9 cm³/mol. The highest BCUT2D eigenvalue weighted by atomic mass is 19.1. The Bertz CT molecular complexity index is 963. The number of carbonyl (C=O) groups excluding carboxylic acids is 2. The Balaban J connectivity index is 1.79. The van der Waals surface area contributed by atoms with Gasteiger partial charge in [0, 0.05) is 25.1 Å². The number of nitro benzene ring substituents is 1. The summed E-state index contributed by atoms with van der Waals surface area (Å²) in [5.74, 6) is -1.85. The maximum absolute atomic E-state index is 13.9. The highest BCUT2D eigenvalue weighted by Gasteiger charge is 2.36. The molecule has 2 aromatic rings. The van der Waals surface area contributed by atoms with E-state index in [9.17, 15) is 24.1 Å². The number of halogens is 1. The molecule has 1 N–H and O–H groups in total. The summed E-state index contributed by atoms with van der Waals surface area (Å²) < 4.78 is 19.2. The van der Waals surface area contributed by atoms with E-state index in [4.69, 9.17) is 4.74 Å². The number of rotatable bonds is 5. The molecule has 2 amide bonds. The molecule has 1 unspecified atom stereocenters. The first-order valence-electron chi connectivity index (χ1n) is 8.50. The standard InChI is InChI=1S/C19H18FN3O5/c1-11-3-6-17(28-2)16(7-11)22-10-12(8-18(22)24)19(25)21-15-9-13(23(26)27)4-5-14(15)20/h3-7,9,12H,8,10H2,1-2H3,(H,21,25). The van der Waals surface area contributed by atoms with E-state index < -0.39 is 22.6 Å². The fourth-order valence-electron chi connectivity index (χ4n) is 3.08. The summed E-state index contributed by atoms with van der Waals surface area (Å²) >= 11 is 0. The van der Waals surface area contributed by atoms with Crippen molar-refractivity contribution in [3.8, 4) is 5.75 Å². The van der Waals surface area contributed by atoms with Gasteiger partial charge in [0.1, 0.15) is 11.6 Å². The smallest absolute Gasteiger partial charge is 0.271 e. The molecule has 1 heterocycles. The van der Waals surface area contributed by atoms with Crippen molar-refractivity contribution in [1.29, 1.82) is 0 Å². The van der Waals surface area contributed by atoms with Gasteiger partial charge in [-0.2, -0.15) is 0 Å². The average Bonchev–Trinajstić information content (AvgIpc) is 3.05. The van der Waals surface area contributed by atoms with Crippen molar-refractivity contribution in [2.45, 2.75) is 13.3 Å². The number of aryl methyl sites for hydroxylation is 1. The van der Waals surface area contributed by atoms with E-state index in [1.165, 1.54) is 12.0 Å². The molecule has 1 atom stereocenters. The topological polar surface area (TPSA) is 102 Å². The van der Waals surface area contributed by atoms with Crippen LogP contribution in [0.3, 0.4) is 0 Å². The predicted octanol–water partition coefficient (Wildman–Crippen LogP) is 3.04. The third kappa shape index (κ3) is 3.78. The van der Waals surface area contributed by atoms with Crippen molar-refractivity contribution in [2.24, 2.45) is 5.92 Å². The Hall–Kier alpha value is -3.49. The van der Waals surface area contributed by atoms with Gasteiger partial charge in [-0.15, -0.1) is 0 Å². The number of hydrogen-bond acceptors (Lipinski definition) is 5. The molecule has 1 saturated heterocycles. The molecule has 0 spiro atoms. The van der Waals surface area contributed by atoms with Crippen LogP contribution in [-0.4, -0.2) is 30.4 Å². The van der Waals surface area contributed by atoms with Crippen LogP contribution in [0.2, 0.25) is 0 Å². The number of nitrogens with zero attached hydrogens (tertiary/aromatic N) is 2. The third-order valence-corrected chi connectivity index (χ3v) is 4.54. The first-order chi connectivity index (χ1) is 13.3. The third-order valence-electron chi connectivity index (χ3n) is 4.54. The van der Waals surface area contributed by atoms with E-state index in [0.29, 0.717) is 11.4 Å². The summed E-state index contributed by atoms with van der Waals surface area (Å²) in [7, 11) is 1.49. The van der Waals surface area contributed by atoms with E-state index in [-0.39, 0.29) is 30.2 Å². The number of benzene rings is 2. The molecule has 3 rings (SSSR count). The minimum atomic E-state index is -0.791. The van der Waals surface area contributed by atoms with Gasteiger partial charge in [0.05, 0.1) is 29.3 Å². The van der Waals surface area contributed by atoms with Gasteiger partial charge < -0.3 is 15.0 Å². The molecule has 1 fully saturated rings. The number of non-ortho nitro benzene ring substituents is 1. The molecule has 0 aliphatic carbocycles. The van der Waals surface area contributed by atoms with Crippen LogP contribution in [0.15, 0.2) is 36.4 Å². The fraction of sp³-hybridized carbons (Fsp3) is 0.263. The van der Waals surface area contributed by atoms with Gasteiger partial charge in [0.25, 0.3) is 5.69 Å². The van der Waals surface area contributed by atoms with Crippen molar-refractivity contribution in [2.75, 3.05) is 23.9 Å². The molecule has 0 saturated carbocycles. The van der Waals surface area contributed by atoms with E-state index >= 15 is 0 Å². The van der Waals surface area contributed by atoms with Gasteiger partial charge >= 0.3 is 0 Å². The minimum absolute atomic E-state index is 0.0561. The van der Waals surface area contributed by atoms with Gasteiger partial charge in [-0.1, -0.05) is 6.07 Å². The molecule has 1 aliphatic rings. The second-order valence-corrected chi connectivity index (χ2v) is 6.49. The number of anilines is 2. The zero-order valence-electron chi connectivity index (χ0n) is 15.3. The van der Waals surface area contributed by atoms with Gasteiger partial charge in [0.15, 0.2) is 0 Å². The molecular weight excluding hydrogens is 369 g/mol. The normalized spacial score (nSPS) is 16.2. The van der Waals surface area contributed by atoms with Crippen molar-refractivity contribution in [3.05, 3.63) is 57.9 Å². The minimum Gasteiger partial charge on any atom is -0.495 e. The lowest BCUT2D eigenvalue weighted by Crippen LogP contribution is -2.28. The van der Waals surface area contributed by atoms with Crippen LogP contribution in [0.4, 0.5) is 21.5 Å². The number of amides is 2. The van der Waals surface area contributed by atoms with Gasteiger partial charge in [-0.05, 0) is 30.7 Å². The highest BCUT2D eigenvalue weighted by Crippen LogP contribution is 2.34. The summed E-state index contributed by atoms with van der Waals surface area (Å²) in [5, 5.41) is 13.2. The van der Waals surface area contributed by atoms with E-state index in [1.54, 1.807) is 12.1 Å². The number of nitrogens with one attached hydrogen (secondary N) is 1. The Morgan fingerprint density at radius 3 is 2.75 bits per heavy atom. The first-order valence-corrected chi connectivity index (χ1v) is 8.50. The molecular formula is C19H18FN3O5. The van der Waals surface area contributed by atoms with Crippen molar-refractivity contribution in [1.82, 2.24) is 0 Å². The first kappa shape index (κ1) is 19.3. The second kappa shape index (κ2) is 7.63. The molecule has 146 valence electrons. The van der Waals surface area contributed by atoms with Crippen molar-refractivity contribution in [3.63, 3.8) is 0 Å². The summed E-state index contributed by atoms with van der Waals surface area (Å²) in [5.41, 5.74) is 0.850. The number of methoxy groups -OCH3 is 1. The van der Waals surface area contributed by atoms with Crippen molar-refractivity contribution < 1.29 is 23.6 Å². The fourth-order valence-corrected chi connectivity index (χ4v) is 3.08. The Labute approximate surface area is 160 Å². The number of ether oxygens (including phenoxy) is 1. The monoisotopic (exact) mass is 387 g/mol. The Kier molecular flexibility index (Phi) is 5.25. The van der Waals surface area contributed by atoms with Crippen LogP contribution in [0.1, 0.15) is 12.0 Å². The quantitative estimate of drug-likeness (QED) is 0.628. The van der Waals surface area contributed by atoms with Crippen LogP contribution >= 0.6 is 0 Å². The largest absolute Gasteiger partial charge is 0.495 e. The average molecular weight is 387 g/mol. The zero-order chi connectivity index (χ0) is 20.4. The van der Waals surface area contributed by atoms with Crippen molar-refractivity contribution >= 4 is 28.9 Å². The van der Waals surface area contributed by atoms with E-state index in [0.717, 1.165) is 23.8 Å². The lowest BCUT2D eigenvalue weighted by molar-refractivity contribution is -0.384. The number of hydrogen-bond donors (Lipinski definition) is 1. The van der Waals surface area contributed by atoms with Crippen LogP contribution < -0.4 is 15.0 Å². The number of carbonyl (C=O) groups is 2. The molecule has 0 radical (unpaired) electrons. The number of nitro groups is 1. The Morgan fingerprint density at radius 2 is 2.07 bits per heavy atom. The summed E-state index contributed by atoms with van der Waals surface area (Å²) in [6, 6.07) is 8.25. The molecule has 28 heavy (non-hydrogen) atoms. The molecule has 1 aliphatic heterocycles. The van der Waals surface area contributed by atoms with Gasteiger partial charge in [-0.25, -0.2) is 4.39 Å². The lowest BCUT2D eigenvalue weighted by Gasteiger charge is -2.20. The van der Waals surface area contributed by atoms with Crippen LogP contribution in [-0.2, 0) is 9.59 Å². The lowest BCUT2D eigenvalue weighted by atomic mass is 10.1. The maximum atomic E-state index is 13.9. The van der Waals surface area contributed by atoms with Crippen LogP contribution in [0.5, 0.6) is 5.75 Å². The van der Waals surface area contributed by atoms with Gasteiger partial charge in [0.2, 0.25) is 11.8 Å². The molecule has 9 heteroatoms. The van der Waals surface area contributed by atoms with Gasteiger partial charge in [-0.3, -0.25) is 19.7 Å². The van der Waals surface area contributed by atoms with Crippen LogP contribution in [0.25, 0.3) is 0 Å². The highest BCUT2D eigenvalue weighted by molar-refractivity contribution is 6.04. The van der Waals surface area contributed by atoms with Crippen LogP contribution in [0, 0.1) is 28.8 Å². The Morgan fingerprint density at radius 1 is 1.32 bits per heavy atom. The van der Waals surface area contributed by atoms with E-state index in [2.05, 4.69) is 5.32 Å². The summed E-state index contributed by atoms with van der Waals surface area (Å²) in [6.45, 7) is 1.97. The molecule has 2 aromatic carbocycles. The van der Waals surface area contributed by atoms with E-state index in [1.807, 2.05) is 13.0 Å². The molecule has 0 aromatic heterocycles. The summed E-state index contributed by atoms with van der Waals surface area (Å²) in [6.07, 6.45) is -0.0561. The molecule has 8 nitrogen and oxygen atoms in total.